The highest BCUT2D eigenvalue weighted by molar-refractivity contribution is 5.94. The molecular weight excluding hydrogens is 348 g/mol. The number of benzene rings is 2. The van der Waals surface area contributed by atoms with Gasteiger partial charge in [-0.2, -0.15) is 0 Å². The Kier molecular flexibility index (Phi) is 6.10. The Balaban J connectivity index is 1.55. The van der Waals surface area contributed by atoms with Crippen molar-refractivity contribution in [1.82, 2.24) is 10.3 Å². The third-order valence-corrected chi connectivity index (χ3v) is 4.08. The Morgan fingerprint density at radius 3 is 2.30 bits per heavy atom. The van der Waals surface area contributed by atoms with Crippen LogP contribution in [0.1, 0.15) is 21.5 Å². The van der Waals surface area contributed by atoms with Gasteiger partial charge in [0, 0.05) is 31.0 Å². The summed E-state index contributed by atoms with van der Waals surface area (Å²) in [5, 5.41) is 5.81. The van der Waals surface area contributed by atoms with Gasteiger partial charge in [-0.3, -0.25) is 9.78 Å². The second kappa shape index (κ2) is 8.89. The lowest BCUT2D eigenvalue weighted by Gasteiger charge is -2.09. The first-order valence-corrected chi connectivity index (χ1v) is 8.57. The summed E-state index contributed by atoms with van der Waals surface area (Å²) in [6.45, 7) is 0.597. The van der Waals surface area contributed by atoms with Gasteiger partial charge in [-0.15, -0.1) is 0 Å². The molecule has 0 bridgehead atoms. The van der Waals surface area contributed by atoms with Crippen LogP contribution >= 0.6 is 0 Å². The summed E-state index contributed by atoms with van der Waals surface area (Å²) in [5.74, 6) is -0.943. The smallest absolute Gasteiger partial charge is 0.253 e. The Hall–Kier alpha value is -3.28. The van der Waals surface area contributed by atoms with Gasteiger partial charge >= 0.3 is 0 Å². The van der Waals surface area contributed by atoms with Gasteiger partial charge in [-0.25, -0.2) is 8.78 Å². The summed E-state index contributed by atoms with van der Waals surface area (Å²) in [6, 6.07) is 14.6. The van der Waals surface area contributed by atoms with Crippen molar-refractivity contribution in [2.75, 3.05) is 11.9 Å². The molecule has 2 aromatic carbocycles. The van der Waals surface area contributed by atoms with Crippen LogP contribution in [0.3, 0.4) is 0 Å². The summed E-state index contributed by atoms with van der Waals surface area (Å²) in [4.78, 5) is 16.3. The van der Waals surface area contributed by atoms with Crippen LogP contribution < -0.4 is 10.6 Å². The largest absolute Gasteiger partial charge is 0.383 e. The summed E-state index contributed by atoms with van der Waals surface area (Å²) >= 11 is 0. The van der Waals surface area contributed by atoms with Gasteiger partial charge in [0.25, 0.3) is 5.91 Å². The third-order valence-electron chi connectivity index (χ3n) is 4.08. The predicted octanol–water partition coefficient (Wildman–Crippen LogP) is 3.94. The normalized spacial score (nSPS) is 10.4. The molecule has 27 heavy (non-hydrogen) atoms. The average Bonchev–Trinajstić information content (AvgIpc) is 2.69. The van der Waals surface area contributed by atoms with E-state index in [2.05, 4.69) is 15.6 Å². The van der Waals surface area contributed by atoms with E-state index in [1.807, 2.05) is 0 Å². The highest BCUT2D eigenvalue weighted by Gasteiger charge is 2.09. The quantitative estimate of drug-likeness (QED) is 0.665. The molecule has 0 spiro atoms. The molecule has 0 saturated heterocycles. The number of carbonyl (C=O) groups excluding carboxylic acids is 1. The monoisotopic (exact) mass is 367 g/mol. The predicted molar refractivity (Wildman–Crippen MR) is 100 cm³/mol. The first kappa shape index (κ1) is 18.5. The molecular formula is C21H19F2N3O. The third kappa shape index (κ3) is 5.10. The fraction of sp³-hybridized carbons (Fsp3) is 0.143. The number of pyridine rings is 1. The zero-order chi connectivity index (χ0) is 19.1. The summed E-state index contributed by atoms with van der Waals surface area (Å²) in [6.07, 6.45) is 3.55. The fourth-order valence-corrected chi connectivity index (χ4v) is 2.62. The van der Waals surface area contributed by atoms with Gasteiger partial charge in [0.2, 0.25) is 0 Å². The molecule has 138 valence electrons. The number of carbonyl (C=O) groups is 1. The Bertz CT molecular complexity index is 931. The Labute approximate surface area is 156 Å². The van der Waals surface area contributed by atoms with E-state index >= 15 is 0 Å². The van der Waals surface area contributed by atoms with Gasteiger partial charge in [-0.1, -0.05) is 36.4 Å². The molecule has 4 nitrogen and oxygen atoms in total. The fourth-order valence-electron chi connectivity index (χ4n) is 2.62. The maximum atomic E-state index is 13.6. The van der Waals surface area contributed by atoms with Gasteiger partial charge in [0.1, 0.15) is 11.6 Å². The molecule has 0 atom stereocenters. The van der Waals surface area contributed by atoms with E-state index in [4.69, 9.17) is 0 Å². The van der Waals surface area contributed by atoms with Crippen LogP contribution in [-0.4, -0.2) is 17.4 Å². The number of halogens is 2. The molecule has 1 aromatic heterocycles. The highest BCUT2D eigenvalue weighted by Crippen LogP contribution is 2.11. The van der Waals surface area contributed by atoms with Crippen LogP contribution in [0.15, 0.2) is 67.0 Å². The molecule has 0 unspecified atom stereocenters. The maximum Gasteiger partial charge on any atom is 0.253 e. The van der Waals surface area contributed by atoms with Crippen molar-refractivity contribution in [3.05, 3.63) is 95.3 Å². The lowest BCUT2D eigenvalue weighted by Crippen LogP contribution is -2.23. The Morgan fingerprint density at radius 1 is 0.926 bits per heavy atom. The van der Waals surface area contributed by atoms with Crippen LogP contribution in [-0.2, 0) is 13.0 Å². The van der Waals surface area contributed by atoms with Crippen LogP contribution in [0.5, 0.6) is 0 Å². The molecule has 3 rings (SSSR count). The molecule has 0 fully saturated rings. The molecule has 0 aliphatic rings. The van der Waals surface area contributed by atoms with Crippen molar-refractivity contribution in [3.8, 4) is 0 Å². The molecule has 3 aromatic rings. The number of nitrogens with one attached hydrogen (secondary N) is 2. The number of nitrogens with zero attached hydrogens (tertiary/aromatic N) is 1. The number of hydrogen-bond donors (Lipinski definition) is 2. The lowest BCUT2D eigenvalue weighted by atomic mass is 10.1. The van der Waals surface area contributed by atoms with E-state index in [0.29, 0.717) is 35.3 Å². The van der Waals surface area contributed by atoms with Crippen LogP contribution in [0, 0.1) is 11.6 Å². The van der Waals surface area contributed by atoms with Crippen molar-refractivity contribution in [3.63, 3.8) is 0 Å². The van der Waals surface area contributed by atoms with Gasteiger partial charge in [0.05, 0.1) is 11.3 Å². The van der Waals surface area contributed by atoms with E-state index in [0.717, 1.165) is 0 Å². The number of aromatic nitrogens is 1. The first-order valence-electron chi connectivity index (χ1n) is 8.57. The highest BCUT2D eigenvalue weighted by atomic mass is 19.1. The zero-order valence-electron chi connectivity index (χ0n) is 14.6. The van der Waals surface area contributed by atoms with E-state index in [1.165, 1.54) is 18.3 Å². The number of hydrogen-bond acceptors (Lipinski definition) is 3. The van der Waals surface area contributed by atoms with Gasteiger partial charge < -0.3 is 10.6 Å². The SMILES string of the molecule is O=C(NCc1ccccc1F)c1cncc(NCCc2ccccc2F)c1. The van der Waals surface area contributed by atoms with Gasteiger partial charge in [-0.05, 0) is 30.2 Å². The standard InChI is InChI=1S/C21H19F2N3O/c22-19-7-3-1-5-15(19)9-10-25-18-11-17(12-24-14-18)21(27)26-13-16-6-2-4-8-20(16)23/h1-8,11-12,14,25H,9-10,13H2,(H,26,27). The van der Waals surface area contributed by atoms with Crippen LogP contribution in [0.2, 0.25) is 0 Å². The number of amides is 1. The van der Waals surface area contributed by atoms with E-state index < -0.39 is 0 Å². The maximum absolute atomic E-state index is 13.6. The number of rotatable bonds is 7. The summed E-state index contributed by atoms with van der Waals surface area (Å²) < 4.78 is 27.2. The van der Waals surface area contributed by atoms with E-state index in [-0.39, 0.29) is 24.1 Å². The molecule has 1 heterocycles. The minimum Gasteiger partial charge on any atom is -0.383 e. The second-order valence-electron chi connectivity index (χ2n) is 6.00. The van der Waals surface area contributed by atoms with Crippen molar-refractivity contribution < 1.29 is 13.6 Å². The first-order chi connectivity index (χ1) is 13.1. The molecule has 0 radical (unpaired) electrons. The van der Waals surface area contributed by atoms with Crippen molar-refractivity contribution >= 4 is 11.6 Å². The summed E-state index contributed by atoms with van der Waals surface area (Å²) in [7, 11) is 0. The molecule has 6 heteroatoms. The molecule has 0 aliphatic carbocycles. The molecule has 0 aliphatic heterocycles. The summed E-state index contributed by atoms with van der Waals surface area (Å²) in [5.41, 5.74) is 2.06. The second-order valence-corrected chi connectivity index (χ2v) is 6.00. The van der Waals surface area contributed by atoms with Gasteiger partial charge in [0.15, 0.2) is 0 Å². The van der Waals surface area contributed by atoms with Crippen molar-refractivity contribution in [2.45, 2.75) is 13.0 Å². The van der Waals surface area contributed by atoms with Crippen molar-refractivity contribution in [2.24, 2.45) is 0 Å². The van der Waals surface area contributed by atoms with Crippen molar-refractivity contribution in [1.29, 1.82) is 0 Å². The topological polar surface area (TPSA) is 54.0 Å². The lowest BCUT2D eigenvalue weighted by molar-refractivity contribution is 0.0950. The minimum atomic E-state index is -0.362. The van der Waals surface area contributed by atoms with E-state index in [1.54, 1.807) is 48.7 Å². The Morgan fingerprint density at radius 2 is 1.59 bits per heavy atom. The molecule has 1 amide bonds. The molecule has 2 N–H and O–H groups in total. The minimum absolute atomic E-state index is 0.0937. The number of anilines is 1. The van der Waals surface area contributed by atoms with E-state index in [9.17, 15) is 13.6 Å². The molecule has 0 saturated carbocycles. The average molecular weight is 367 g/mol. The van der Waals surface area contributed by atoms with Crippen LogP contribution in [0.25, 0.3) is 0 Å². The zero-order valence-corrected chi connectivity index (χ0v) is 14.6. The van der Waals surface area contributed by atoms with Crippen LogP contribution in [0.4, 0.5) is 14.5 Å².